The third kappa shape index (κ3) is 4.50. The SMILES string of the molecule is CCCOc1cc(N2c3ccccc3C(C)(C)c3ccccc32)c(OCCC)cc1C=C1C(=O)c2ccccc2C1=O. The molecular weight excluding hydrogens is 522 g/mol. The third-order valence-corrected chi connectivity index (χ3v) is 8.10. The number of nitrogens with zero attached hydrogens (tertiary/aromatic N) is 1. The Labute approximate surface area is 247 Å². The summed E-state index contributed by atoms with van der Waals surface area (Å²) in [7, 11) is 0. The highest BCUT2D eigenvalue weighted by atomic mass is 16.5. The molecular formula is C37H35NO4. The fourth-order valence-corrected chi connectivity index (χ4v) is 6.00. The van der Waals surface area contributed by atoms with Crippen LogP contribution in [0.3, 0.4) is 0 Å². The molecule has 0 amide bonds. The first-order chi connectivity index (χ1) is 20.4. The van der Waals surface area contributed by atoms with Gasteiger partial charge in [0, 0.05) is 28.2 Å². The van der Waals surface area contributed by atoms with Crippen molar-refractivity contribution < 1.29 is 19.1 Å². The van der Waals surface area contributed by atoms with Crippen LogP contribution in [0.5, 0.6) is 11.5 Å². The van der Waals surface area contributed by atoms with Gasteiger partial charge in [-0.3, -0.25) is 9.59 Å². The zero-order chi connectivity index (χ0) is 29.4. The minimum absolute atomic E-state index is 0.141. The molecule has 6 rings (SSSR count). The lowest BCUT2D eigenvalue weighted by Crippen LogP contribution is -2.30. The fraction of sp³-hybridized carbons (Fsp3) is 0.243. The Balaban J connectivity index is 1.57. The number of carbonyl (C=O) groups excluding carboxylic acids is 2. The smallest absolute Gasteiger partial charge is 0.197 e. The van der Waals surface area contributed by atoms with Crippen LogP contribution in [0.15, 0.2) is 90.5 Å². The zero-order valence-electron chi connectivity index (χ0n) is 24.6. The van der Waals surface area contributed by atoms with Crippen LogP contribution in [0.25, 0.3) is 6.08 Å². The van der Waals surface area contributed by atoms with Crippen molar-refractivity contribution in [3.05, 3.63) is 118 Å². The first-order valence-electron chi connectivity index (χ1n) is 14.7. The van der Waals surface area contributed by atoms with E-state index in [9.17, 15) is 9.59 Å². The Morgan fingerprint density at radius 3 is 1.71 bits per heavy atom. The first kappa shape index (κ1) is 27.5. The van der Waals surface area contributed by atoms with Crippen molar-refractivity contribution in [1.29, 1.82) is 0 Å². The van der Waals surface area contributed by atoms with Gasteiger partial charge in [0.15, 0.2) is 11.6 Å². The Kier molecular flexibility index (Phi) is 7.19. The average Bonchev–Trinajstić information content (AvgIpc) is 3.25. The van der Waals surface area contributed by atoms with Crippen LogP contribution in [-0.4, -0.2) is 24.8 Å². The highest BCUT2D eigenvalue weighted by Crippen LogP contribution is 2.54. The number of benzene rings is 4. The largest absolute Gasteiger partial charge is 0.493 e. The second-order valence-electron chi connectivity index (χ2n) is 11.3. The maximum absolute atomic E-state index is 13.3. The predicted octanol–water partition coefficient (Wildman–Crippen LogP) is 8.84. The lowest BCUT2D eigenvalue weighted by molar-refractivity contribution is 0.0990. The Morgan fingerprint density at radius 2 is 1.17 bits per heavy atom. The quantitative estimate of drug-likeness (QED) is 0.160. The van der Waals surface area contributed by atoms with Crippen molar-refractivity contribution >= 4 is 34.7 Å². The summed E-state index contributed by atoms with van der Waals surface area (Å²) < 4.78 is 12.7. The number of allylic oxidation sites excluding steroid dienone is 1. The average molecular weight is 558 g/mol. The molecule has 5 heteroatoms. The molecule has 0 saturated heterocycles. The summed E-state index contributed by atoms with van der Waals surface area (Å²) >= 11 is 0. The summed E-state index contributed by atoms with van der Waals surface area (Å²) in [5, 5.41) is 0. The van der Waals surface area contributed by atoms with Gasteiger partial charge in [-0.25, -0.2) is 0 Å². The molecule has 5 nitrogen and oxygen atoms in total. The molecule has 212 valence electrons. The Bertz CT molecular complexity index is 1650. The molecule has 2 aliphatic rings. The molecule has 1 aliphatic carbocycles. The number of ketones is 2. The van der Waals surface area contributed by atoms with Gasteiger partial charge in [-0.2, -0.15) is 0 Å². The molecule has 0 fully saturated rings. The van der Waals surface area contributed by atoms with Gasteiger partial charge in [0.25, 0.3) is 0 Å². The van der Waals surface area contributed by atoms with E-state index in [1.54, 1.807) is 30.3 Å². The molecule has 0 bridgehead atoms. The highest BCUT2D eigenvalue weighted by molar-refractivity contribution is 6.41. The van der Waals surface area contributed by atoms with Crippen LogP contribution in [0, 0.1) is 0 Å². The van der Waals surface area contributed by atoms with Crippen LogP contribution >= 0.6 is 0 Å². The van der Waals surface area contributed by atoms with E-state index in [1.807, 2.05) is 12.1 Å². The summed E-state index contributed by atoms with van der Waals surface area (Å²) in [4.78, 5) is 28.8. The number of anilines is 3. The lowest BCUT2D eigenvalue weighted by atomic mass is 9.73. The molecule has 4 aromatic carbocycles. The van der Waals surface area contributed by atoms with E-state index in [0.29, 0.717) is 41.4 Å². The van der Waals surface area contributed by atoms with Crippen LogP contribution in [0.1, 0.15) is 77.9 Å². The van der Waals surface area contributed by atoms with E-state index in [1.165, 1.54) is 11.1 Å². The molecule has 0 spiro atoms. The van der Waals surface area contributed by atoms with Crippen molar-refractivity contribution in [2.45, 2.75) is 46.0 Å². The molecule has 0 radical (unpaired) electrons. The van der Waals surface area contributed by atoms with Crippen molar-refractivity contribution in [3.63, 3.8) is 0 Å². The number of fused-ring (bicyclic) bond motifs is 3. The number of hydrogen-bond acceptors (Lipinski definition) is 5. The van der Waals surface area contributed by atoms with Crippen molar-refractivity contribution in [2.24, 2.45) is 0 Å². The standard InChI is InChI=1S/C37H35NO4/c1-5-19-41-33-23-32(38-30-17-11-9-15-28(30)37(3,4)29-16-10-12-18-31(29)38)34(42-20-6-2)22-24(33)21-27-35(39)25-13-7-8-14-26(25)36(27)40/h7-18,21-23H,5-6,19-20H2,1-4H3. The van der Waals surface area contributed by atoms with Gasteiger partial charge in [-0.05, 0) is 48.2 Å². The van der Waals surface area contributed by atoms with Gasteiger partial charge >= 0.3 is 0 Å². The van der Waals surface area contributed by atoms with Crippen LogP contribution < -0.4 is 14.4 Å². The van der Waals surface area contributed by atoms with Gasteiger partial charge < -0.3 is 14.4 Å². The van der Waals surface area contributed by atoms with E-state index in [0.717, 1.165) is 29.9 Å². The maximum Gasteiger partial charge on any atom is 0.197 e. The van der Waals surface area contributed by atoms with Gasteiger partial charge in [0.05, 0.1) is 35.8 Å². The number of para-hydroxylation sites is 2. The topological polar surface area (TPSA) is 55.8 Å². The fourth-order valence-electron chi connectivity index (χ4n) is 6.00. The number of Topliss-reactive ketones (excluding diaryl/α,β-unsaturated/α-hetero) is 2. The summed E-state index contributed by atoms with van der Waals surface area (Å²) in [6.45, 7) is 9.65. The molecule has 0 unspecified atom stereocenters. The molecule has 0 N–H and O–H groups in total. The molecule has 0 saturated carbocycles. The number of ether oxygens (including phenoxy) is 2. The van der Waals surface area contributed by atoms with Crippen LogP contribution in [-0.2, 0) is 5.41 Å². The molecule has 1 aliphatic heterocycles. The Morgan fingerprint density at radius 1 is 0.667 bits per heavy atom. The molecule has 4 aromatic rings. The predicted molar refractivity (Wildman–Crippen MR) is 168 cm³/mol. The van der Waals surface area contributed by atoms with E-state index in [2.05, 4.69) is 81.1 Å². The third-order valence-electron chi connectivity index (χ3n) is 8.10. The number of carbonyl (C=O) groups is 2. The van der Waals surface area contributed by atoms with Gasteiger partial charge in [-0.15, -0.1) is 0 Å². The van der Waals surface area contributed by atoms with E-state index in [-0.39, 0.29) is 22.6 Å². The minimum atomic E-state index is -0.265. The van der Waals surface area contributed by atoms with Gasteiger partial charge in [0.2, 0.25) is 0 Å². The molecule has 42 heavy (non-hydrogen) atoms. The number of hydrogen-bond donors (Lipinski definition) is 0. The van der Waals surface area contributed by atoms with E-state index >= 15 is 0 Å². The monoisotopic (exact) mass is 557 g/mol. The summed E-state index contributed by atoms with van der Waals surface area (Å²) in [6.07, 6.45) is 3.31. The maximum atomic E-state index is 13.3. The van der Waals surface area contributed by atoms with Gasteiger partial charge in [0.1, 0.15) is 11.5 Å². The minimum Gasteiger partial charge on any atom is -0.493 e. The second kappa shape index (κ2) is 11.0. The van der Waals surface area contributed by atoms with Gasteiger partial charge in [-0.1, -0.05) is 88.4 Å². The van der Waals surface area contributed by atoms with Crippen molar-refractivity contribution in [3.8, 4) is 11.5 Å². The summed E-state index contributed by atoms with van der Waals surface area (Å²) in [6, 6.07) is 27.8. The normalized spacial score (nSPS) is 14.8. The van der Waals surface area contributed by atoms with E-state index in [4.69, 9.17) is 9.47 Å². The molecule has 0 aromatic heterocycles. The first-order valence-corrected chi connectivity index (χ1v) is 14.7. The number of rotatable bonds is 8. The summed E-state index contributed by atoms with van der Waals surface area (Å²) in [5.41, 5.74) is 6.89. The van der Waals surface area contributed by atoms with E-state index < -0.39 is 0 Å². The van der Waals surface area contributed by atoms with Crippen molar-refractivity contribution in [2.75, 3.05) is 18.1 Å². The van der Waals surface area contributed by atoms with Crippen LogP contribution in [0.4, 0.5) is 17.1 Å². The van der Waals surface area contributed by atoms with Crippen molar-refractivity contribution in [1.82, 2.24) is 0 Å². The zero-order valence-corrected chi connectivity index (χ0v) is 24.6. The highest BCUT2D eigenvalue weighted by Gasteiger charge is 2.38. The lowest BCUT2D eigenvalue weighted by Gasteiger charge is -2.42. The molecule has 1 heterocycles. The summed E-state index contributed by atoms with van der Waals surface area (Å²) in [5.74, 6) is 0.725. The van der Waals surface area contributed by atoms with Crippen LogP contribution in [0.2, 0.25) is 0 Å². The Hall–Kier alpha value is -4.64. The second-order valence-corrected chi connectivity index (χ2v) is 11.3. The molecule has 0 atom stereocenters.